The molecular weight excluding hydrogens is 342 g/mol. The normalized spacial score (nSPS) is 12.4. The second-order valence-corrected chi connectivity index (χ2v) is 7.20. The summed E-state index contributed by atoms with van der Waals surface area (Å²) in [6, 6.07) is 13.4. The Kier molecular flexibility index (Phi) is 5.89. The number of nitrogens with two attached hydrogens (primary N) is 1. The Labute approximate surface area is 146 Å². The van der Waals surface area contributed by atoms with Crippen LogP contribution in [0.5, 0.6) is 0 Å². The SMILES string of the molecule is C[C@H](NS(=O)(=O)c1ccccc1)C(=O)Nc1ccc(CC(N)=O)cc1. The molecule has 0 saturated heterocycles. The minimum Gasteiger partial charge on any atom is -0.369 e. The van der Waals surface area contributed by atoms with Crippen molar-refractivity contribution in [3.05, 3.63) is 60.2 Å². The predicted octanol–water partition coefficient (Wildman–Crippen LogP) is 1.02. The molecule has 0 bridgehead atoms. The lowest BCUT2D eigenvalue weighted by molar-refractivity contribution is -0.118. The van der Waals surface area contributed by atoms with Crippen molar-refractivity contribution in [2.24, 2.45) is 5.73 Å². The van der Waals surface area contributed by atoms with Crippen LogP contribution in [-0.4, -0.2) is 26.3 Å². The van der Waals surface area contributed by atoms with Gasteiger partial charge in [0.25, 0.3) is 0 Å². The van der Waals surface area contributed by atoms with Crippen LogP contribution < -0.4 is 15.8 Å². The number of primary amides is 1. The smallest absolute Gasteiger partial charge is 0.242 e. The maximum atomic E-state index is 12.2. The van der Waals surface area contributed by atoms with Gasteiger partial charge in [-0.05, 0) is 36.8 Å². The molecular formula is C17H19N3O4S. The third-order valence-corrected chi connectivity index (χ3v) is 4.94. The van der Waals surface area contributed by atoms with Gasteiger partial charge >= 0.3 is 0 Å². The topological polar surface area (TPSA) is 118 Å². The first kappa shape index (κ1) is 18.6. The summed E-state index contributed by atoms with van der Waals surface area (Å²) >= 11 is 0. The van der Waals surface area contributed by atoms with E-state index in [1.54, 1.807) is 42.5 Å². The van der Waals surface area contributed by atoms with E-state index in [4.69, 9.17) is 5.73 Å². The van der Waals surface area contributed by atoms with Gasteiger partial charge in [0.15, 0.2) is 0 Å². The molecule has 0 heterocycles. The van der Waals surface area contributed by atoms with Gasteiger partial charge in [-0.15, -0.1) is 0 Å². The zero-order valence-electron chi connectivity index (χ0n) is 13.6. The number of sulfonamides is 1. The molecule has 8 heteroatoms. The highest BCUT2D eigenvalue weighted by Gasteiger charge is 2.21. The summed E-state index contributed by atoms with van der Waals surface area (Å²) in [7, 11) is -3.78. The Bertz CT molecular complexity index is 849. The third kappa shape index (κ3) is 5.40. The van der Waals surface area contributed by atoms with Gasteiger partial charge in [-0.25, -0.2) is 8.42 Å². The van der Waals surface area contributed by atoms with Crippen molar-refractivity contribution in [2.75, 3.05) is 5.32 Å². The van der Waals surface area contributed by atoms with Gasteiger partial charge in [-0.1, -0.05) is 30.3 Å². The molecule has 25 heavy (non-hydrogen) atoms. The number of anilines is 1. The van der Waals surface area contributed by atoms with Gasteiger partial charge in [0.2, 0.25) is 21.8 Å². The van der Waals surface area contributed by atoms with Crippen LogP contribution in [-0.2, 0) is 26.0 Å². The molecule has 2 amide bonds. The molecule has 0 fully saturated rings. The number of carbonyl (C=O) groups excluding carboxylic acids is 2. The molecule has 0 aliphatic heterocycles. The summed E-state index contributed by atoms with van der Waals surface area (Å²) < 4.78 is 26.8. The summed E-state index contributed by atoms with van der Waals surface area (Å²) in [4.78, 5) is 23.1. The summed E-state index contributed by atoms with van der Waals surface area (Å²) in [6.07, 6.45) is 0.113. The molecule has 4 N–H and O–H groups in total. The standard InChI is InChI=1S/C17H19N3O4S/c1-12(20-25(23,24)15-5-3-2-4-6-15)17(22)19-14-9-7-13(8-10-14)11-16(18)21/h2-10,12,20H,11H2,1H3,(H2,18,21)(H,19,22)/t12-/m0/s1. The van der Waals surface area contributed by atoms with Crippen LogP contribution >= 0.6 is 0 Å². The second-order valence-electron chi connectivity index (χ2n) is 5.49. The number of amides is 2. The summed E-state index contributed by atoms with van der Waals surface area (Å²) in [5.74, 6) is -0.942. The first-order chi connectivity index (χ1) is 11.8. The molecule has 0 radical (unpaired) electrons. The Morgan fingerprint density at radius 3 is 2.20 bits per heavy atom. The van der Waals surface area contributed by atoms with Crippen LogP contribution in [0.15, 0.2) is 59.5 Å². The lowest BCUT2D eigenvalue weighted by Gasteiger charge is -2.14. The molecule has 0 aromatic heterocycles. The fourth-order valence-corrected chi connectivity index (χ4v) is 3.34. The first-order valence-corrected chi connectivity index (χ1v) is 9.02. The van der Waals surface area contributed by atoms with E-state index in [-0.39, 0.29) is 11.3 Å². The third-order valence-electron chi connectivity index (χ3n) is 3.38. The molecule has 132 valence electrons. The molecule has 2 aromatic rings. The lowest BCUT2D eigenvalue weighted by atomic mass is 10.1. The maximum absolute atomic E-state index is 12.2. The van der Waals surface area contributed by atoms with Crippen molar-refractivity contribution in [2.45, 2.75) is 24.3 Å². The lowest BCUT2D eigenvalue weighted by Crippen LogP contribution is -2.41. The van der Waals surface area contributed by atoms with Crippen molar-refractivity contribution < 1.29 is 18.0 Å². The Morgan fingerprint density at radius 2 is 1.64 bits per heavy atom. The first-order valence-electron chi connectivity index (χ1n) is 7.53. The molecule has 7 nitrogen and oxygen atoms in total. The van der Waals surface area contributed by atoms with E-state index < -0.39 is 27.9 Å². The zero-order chi connectivity index (χ0) is 18.4. The second kappa shape index (κ2) is 7.91. The average molecular weight is 361 g/mol. The largest absolute Gasteiger partial charge is 0.369 e. The van der Waals surface area contributed by atoms with Gasteiger partial charge < -0.3 is 11.1 Å². The number of hydrogen-bond donors (Lipinski definition) is 3. The number of nitrogens with one attached hydrogen (secondary N) is 2. The molecule has 0 spiro atoms. The van der Waals surface area contributed by atoms with E-state index in [9.17, 15) is 18.0 Å². The zero-order valence-corrected chi connectivity index (χ0v) is 14.4. The Hall–Kier alpha value is -2.71. The average Bonchev–Trinajstić information content (AvgIpc) is 2.56. The van der Waals surface area contributed by atoms with Gasteiger partial charge in [0.05, 0.1) is 17.4 Å². The molecule has 0 unspecified atom stereocenters. The van der Waals surface area contributed by atoms with E-state index in [0.717, 1.165) is 5.56 Å². The van der Waals surface area contributed by atoms with E-state index >= 15 is 0 Å². The molecule has 2 rings (SSSR count). The van der Waals surface area contributed by atoms with Crippen LogP contribution in [0.4, 0.5) is 5.69 Å². The van der Waals surface area contributed by atoms with Gasteiger partial charge in [-0.3, -0.25) is 9.59 Å². The van der Waals surface area contributed by atoms with E-state index in [0.29, 0.717) is 5.69 Å². The van der Waals surface area contributed by atoms with Crippen molar-refractivity contribution in [1.82, 2.24) is 4.72 Å². The Balaban J connectivity index is 1.99. The van der Waals surface area contributed by atoms with Gasteiger partial charge in [-0.2, -0.15) is 4.72 Å². The van der Waals surface area contributed by atoms with Crippen LogP contribution in [0, 0.1) is 0 Å². The van der Waals surface area contributed by atoms with Crippen LogP contribution in [0.1, 0.15) is 12.5 Å². The van der Waals surface area contributed by atoms with Crippen molar-refractivity contribution in [3.63, 3.8) is 0 Å². The quantitative estimate of drug-likeness (QED) is 0.682. The molecule has 1 atom stereocenters. The van der Waals surface area contributed by atoms with Crippen LogP contribution in [0.25, 0.3) is 0 Å². The highest BCUT2D eigenvalue weighted by molar-refractivity contribution is 7.89. The number of carbonyl (C=O) groups is 2. The van der Waals surface area contributed by atoms with Gasteiger partial charge in [0.1, 0.15) is 0 Å². The monoisotopic (exact) mass is 361 g/mol. The molecule has 0 aliphatic rings. The molecule has 0 aliphatic carbocycles. The summed E-state index contributed by atoms with van der Waals surface area (Å²) in [6.45, 7) is 1.46. The fraction of sp³-hybridized carbons (Fsp3) is 0.176. The minimum absolute atomic E-state index is 0.0884. The number of hydrogen-bond acceptors (Lipinski definition) is 4. The summed E-state index contributed by atoms with van der Waals surface area (Å²) in [5, 5.41) is 2.61. The highest BCUT2D eigenvalue weighted by Crippen LogP contribution is 2.12. The molecule has 2 aromatic carbocycles. The number of rotatable bonds is 7. The van der Waals surface area contributed by atoms with Crippen molar-refractivity contribution >= 4 is 27.5 Å². The van der Waals surface area contributed by atoms with Crippen LogP contribution in [0.3, 0.4) is 0 Å². The fourth-order valence-electron chi connectivity index (χ4n) is 2.11. The van der Waals surface area contributed by atoms with E-state index in [2.05, 4.69) is 10.0 Å². The predicted molar refractivity (Wildman–Crippen MR) is 94.2 cm³/mol. The highest BCUT2D eigenvalue weighted by atomic mass is 32.2. The van der Waals surface area contributed by atoms with E-state index in [1.807, 2.05) is 0 Å². The Morgan fingerprint density at radius 1 is 1.04 bits per heavy atom. The van der Waals surface area contributed by atoms with Crippen molar-refractivity contribution in [3.8, 4) is 0 Å². The van der Waals surface area contributed by atoms with E-state index in [1.165, 1.54) is 19.1 Å². The minimum atomic E-state index is -3.78. The van der Waals surface area contributed by atoms with Gasteiger partial charge in [0, 0.05) is 5.69 Å². The van der Waals surface area contributed by atoms with Crippen molar-refractivity contribution in [1.29, 1.82) is 0 Å². The molecule has 0 saturated carbocycles. The maximum Gasteiger partial charge on any atom is 0.242 e. The van der Waals surface area contributed by atoms with Crippen LogP contribution in [0.2, 0.25) is 0 Å². The summed E-state index contributed by atoms with van der Waals surface area (Å²) in [5.41, 5.74) is 6.33. The number of benzene rings is 2.